The Hall–Kier alpha value is -1.63. The van der Waals surface area contributed by atoms with Crippen LogP contribution in [-0.4, -0.2) is 36.6 Å². The molecule has 7 heteroatoms. The second kappa shape index (κ2) is 9.40. The molecule has 22 heavy (non-hydrogen) atoms. The zero-order valence-electron chi connectivity index (χ0n) is 13.6. The first-order valence-corrected chi connectivity index (χ1v) is 8.39. The number of nitrogens with one attached hydrogen (secondary N) is 2. The first-order chi connectivity index (χ1) is 10.4. The van der Waals surface area contributed by atoms with Gasteiger partial charge in [-0.15, -0.1) is 11.3 Å². The SMILES string of the molecule is CC(C)CCNc1nc(C(=O)OCC(=O)NCC(C)C)cs1. The van der Waals surface area contributed by atoms with Crippen LogP contribution in [0.15, 0.2) is 5.38 Å². The summed E-state index contributed by atoms with van der Waals surface area (Å²) in [5.74, 6) is 0.0966. The molecule has 1 aromatic rings. The summed E-state index contributed by atoms with van der Waals surface area (Å²) >= 11 is 1.35. The Morgan fingerprint density at radius 2 is 2.00 bits per heavy atom. The lowest BCUT2D eigenvalue weighted by atomic mass is 10.1. The quantitative estimate of drug-likeness (QED) is 0.681. The van der Waals surface area contributed by atoms with E-state index in [1.165, 1.54) is 11.3 Å². The van der Waals surface area contributed by atoms with Gasteiger partial charge in [-0.05, 0) is 18.3 Å². The molecule has 0 aliphatic rings. The number of nitrogens with zero attached hydrogens (tertiary/aromatic N) is 1. The Bertz CT molecular complexity index is 486. The molecule has 1 heterocycles. The molecule has 0 aliphatic carbocycles. The third kappa shape index (κ3) is 7.40. The summed E-state index contributed by atoms with van der Waals surface area (Å²) in [6, 6.07) is 0. The van der Waals surface area contributed by atoms with E-state index in [-0.39, 0.29) is 18.2 Å². The molecule has 0 bridgehead atoms. The number of anilines is 1. The number of ether oxygens (including phenoxy) is 1. The van der Waals surface area contributed by atoms with E-state index in [9.17, 15) is 9.59 Å². The Morgan fingerprint density at radius 1 is 1.27 bits per heavy atom. The van der Waals surface area contributed by atoms with E-state index in [1.54, 1.807) is 5.38 Å². The first-order valence-electron chi connectivity index (χ1n) is 7.51. The number of rotatable bonds is 9. The molecule has 1 amide bonds. The summed E-state index contributed by atoms with van der Waals surface area (Å²) in [7, 11) is 0. The monoisotopic (exact) mass is 327 g/mol. The standard InChI is InChI=1S/C15H25N3O3S/c1-10(2)5-6-16-15-18-12(9-22-15)14(20)21-8-13(19)17-7-11(3)4/h9-11H,5-8H2,1-4H3,(H,16,18)(H,17,19). The highest BCUT2D eigenvalue weighted by Gasteiger charge is 2.14. The molecule has 0 spiro atoms. The second-order valence-electron chi connectivity index (χ2n) is 5.92. The van der Waals surface area contributed by atoms with Crippen molar-refractivity contribution in [3.05, 3.63) is 11.1 Å². The lowest BCUT2D eigenvalue weighted by molar-refractivity contribution is -0.124. The number of hydrogen-bond acceptors (Lipinski definition) is 6. The van der Waals surface area contributed by atoms with Crippen LogP contribution >= 0.6 is 11.3 Å². The predicted molar refractivity (Wildman–Crippen MR) is 88.2 cm³/mol. The summed E-state index contributed by atoms with van der Waals surface area (Å²) in [4.78, 5) is 27.4. The fraction of sp³-hybridized carbons (Fsp3) is 0.667. The van der Waals surface area contributed by atoms with Crippen LogP contribution in [0, 0.1) is 11.8 Å². The molecular formula is C15H25N3O3S. The van der Waals surface area contributed by atoms with E-state index in [1.807, 2.05) is 13.8 Å². The lowest BCUT2D eigenvalue weighted by Gasteiger charge is -2.07. The maximum atomic E-state index is 11.8. The van der Waals surface area contributed by atoms with Crippen LogP contribution < -0.4 is 10.6 Å². The minimum Gasteiger partial charge on any atom is -0.451 e. The van der Waals surface area contributed by atoms with E-state index in [4.69, 9.17) is 4.74 Å². The van der Waals surface area contributed by atoms with Gasteiger partial charge in [-0.25, -0.2) is 9.78 Å². The van der Waals surface area contributed by atoms with E-state index in [2.05, 4.69) is 29.5 Å². The van der Waals surface area contributed by atoms with E-state index < -0.39 is 5.97 Å². The highest BCUT2D eigenvalue weighted by molar-refractivity contribution is 7.13. The largest absolute Gasteiger partial charge is 0.451 e. The highest BCUT2D eigenvalue weighted by Crippen LogP contribution is 2.16. The lowest BCUT2D eigenvalue weighted by Crippen LogP contribution is -2.31. The van der Waals surface area contributed by atoms with E-state index >= 15 is 0 Å². The van der Waals surface area contributed by atoms with Crippen molar-refractivity contribution in [2.75, 3.05) is 25.0 Å². The summed E-state index contributed by atoms with van der Waals surface area (Å²) in [6.45, 7) is 9.39. The minimum absolute atomic E-state index is 0.230. The van der Waals surface area contributed by atoms with Crippen molar-refractivity contribution in [1.29, 1.82) is 0 Å². The minimum atomic E-state index is -0.576. The van der Waals surface area contributed by atoms with Crippen LogP contribution in [0.2, 0.25) is 0 Å². The van der Waals surface area contributed by atoms with Crippen molar-refractivity contribution in [2.45, 2.75) is 34.1 Å². The van der Waals surface area contributed by atoms with E-state index in [0.29, 0.717) is 23.5 Å². The molecule has 0 saturated heterocycles. The van der Waals surface area contributed by atoms with Gasteiger partial charge in [0.2, 0.25) is 0 Å². The van der Waals surface area contributed by atoms with Crippen molar-refractivity contribution in [1.82, 2.24) is 10.3 Å². The van der Waals surface area contributed by atoms with E-state index in [0.717, 1.165) is 13.0 Å². The molecule has 0 radical (unpaired) electrons. The van der Waals surface area contributed by atoms with Crippen LogP contribution in [0.1, 0.15) is 44.6 Å². The fourth-order valence-electron chi connectivity index (χ4n) is 1.49. The number of esters is 1. The molecule has 6 nitrogen and oxygen atoms in total. The molecule has 124 valence electrons. The van der Waals surface area contributed by atoms with Gasteiger partial charge >= 0.3 is 5.97 Å². The topological polar surface area (TPSA) is 80.3 Å². The van der Waals surface area contributed by atoms with Gasteiger partial charge in [0.15, 0.2) is 17.4 Å². The third-order valence-corrected chi connectivity index (χ3v) is 3.55. The van der Waals surface area contributed by atoms with Crippen molar-refractivity contribution in [3.63, 3.8) is 0 Å². The van der Waals surface area contributed by atoms with Gasteiger partial charge in [0.05, 0.1) is 0 Å². The van der Waals surface area contributed by atoms with Gasteiger partial charge in [-0.3, -0.25) is 4.79 Å². The zero-order chi connectivity index (χ0) is 16.5. The van der Waals surface area contributed by atoms with Crippen LogP contribution in [0.4, 0.5) is 5.13 Å². The second-order valence-corrected chi connectivity index (χ2v) is 6.78. The van der Waals surface area contributed by atoms with Gasteiger partial charge in [0, 0.05) is 18.5 Å². The maximum Gasteiger partial charge on any atom is 0.358 e. The number of carbonyl (C=O) groups excluding carboxylic acids is 2. The van der Waals surface area contributed by atoms with Crippen molar-refractivity contribution < 1.29 is 14.3 Å². The van der Waals surface area contributed by atoms with Crippen LogP contribution in [0.3, 0.4) is 0 Å². The molecule has 0 aliphatic heterocycles. The van der Waals surface area contributed by atoms with Crippen molar-refractivity contribution in [2.24, 2.45) is 11.8 Å². The molecule has 0 atom stereocenters. The predicted octanol–water partition coefficient (Wildman–Crippen LogP) is 2.53. The molecule has 2 N–H and O–H groups in total. The molecule has 0 unspecified atom stereocenters. The van der Waals surface area contributed by atoms with Gasteiger partial charge in [0.1, 0.15) is 0 Å². The molecule has 1 rings (SSSR count). The van der Waals surface area contributed by atoms with Crippen molar-refractivity contribution in [3.8, 4) is 0 Å². The molecule has 1 aromatic heterocycles. The summed E-state index contributed by atoms with van der Waals surface area (Å²) in [6.07, 6.45) is 1.04. The van der Waals surface area contributed by atoms with Gasteiger partial charge < -0.3 is 15.4 Å². The van der Waals surface area contributed by atoms with Gasteiger partial charge in [-0.1, -0.05) is 27.7 Å². The Kier molecular flexibility index (Phi) is 7.87. The van der Waals surface area contributed by atoms with Crippen LogP contribution in [-0.2, 0) is 9.53 Å². The smallest absolute Gasteiger partial charge is 0.358 e. The number of carbonyl (C=O) groups is 2. The summed E-state index contributed by atoms with van der Waals surface area (Å²) in [5, 5.41) is 8.18. The number of amides is 1. The van der Waals surface area contributed by atoms with Crippen LogP contribution in [0.25, 0.3) is 0 Å². The summed E-state index contributed by atoms with van der Waals surface area (Å²) in [5.41, 5.74) is 0.230. The average molecular weight is 327 g/mol. The molecular weight excluding hydrogens is 302 g/mol. The van der Waals surface area contributed by atoms with Crippen LogP contribution in [0.5, 0.6) is 0 Å². The molecule has 0 aromatic carbocycles. The zero-order valence-corrected chi connectivity index (χ0v) is 14.5. The summed E-state index contributed by atoms with van der Waals surface area (Å²) < 4.78 is 4.94. The fourth-order valence-corrected chi connectivity index (χ4v) is 2.20. The average Bonchev–Trinajstić information content (AvgIpc) is 2.91. The van der Waals surface area contributed by atoms with Gasteiger partial charge in [0.25, 0.3) is 5.91 Å². The van der Waals surface area contributed by atoms with Crippen molar-refractivity contribution >= 4 is 28.3 Å². The number of thiazole rings is 1. The maximum absolute atomic E-state index is 11.8. The Labute approximate surface area is 135 Å². The Morgan fingerprint density at radius 3 is 2.64 bits per heavy atom. The molecule has 0 fully saturated rings. The normalized spacial score (nSPS) is 10.8. The molecule has 0 saturated carbocycles. The third-order valence-electron chi connectivity index (χ3n) is 2.75. The highest BCUT2D eigenvalue weighted by atomic mass is 32.1. The first kappa shape index (κ1) is 18.4. The number of aromatic nitrogens is 1. The van der Waals surface area contributed by atoms with Gasteiger partial charge in [-0.2, -0.15) is 0 Å². The number of hydrogen-bond donors (Lipinski definition) is 2. The Balaban J connectivity index is 2.33.